The Labute approximate surface area is 177 Å². The van der Waals surface area contributed by atoms with Crippen LogP contribution in [0, 0.1) is 6.92 Å². The topological polar surface area (TPSA) is 96.5 Å². The van der Waals surface area contributed by atoms with Crippen LogP contribution in [0.5, 0.6) is 5.75 Å². The molecule has 0 spiro atoms. The maximum absolute atomic E-state index is 12.0. The number of anilines is 1. The molecule has 0 aliphatic carbocycles. The molecule has 7 nitrogen and oxygen atoms in total. The van der Waals surface area contributed by atoms with E-state index in [4.69, 9.17) is 28.6 Å². The molecule has 3 rings (SSSR count). The van der Waals surface area contributed by atoms with Gasteiger partial charge in [0, 0.05) is 10.7 Å². The first kappa shape index (κ1) is 20.5. The second-order valence-corrected chi connectivity index (χ2v) is 6.98. The highest BCUT2D eigenvalue weighted by atomic mass is 35.5. The van der Waals surface area contributed by atoms with Gasteiger partial charge < -0.3 is 10.1 Å². The molecule has 1 aliphatic heterocycles. The van der Waals surface area contributed by atoms with Crippen LogP contribution in [-0.2, 0) is 14.4 Å². The molecular weight excluding hydrogens is 414 g/mol. The van der Waals surface area contributed by atoms with Crippen molar-refractivity contribution in [2.24, 2.45) is 0 Å². The largest absolute Gasteiger partial charge is 0.484 e. The summed E-state index contributed by atoms with van der Waals surface area (Å²) in [5.41, 5.74) is 2.06. The van der Waals surface area contributed by atoms with E-state index in [1.807, 2.05) is 13.0 Å². The molecule has 2 aromatic rings. The van der Waals surface area contributed by atoms with Crippen molar-refractivity contribution in [1.29, 1.82) is 0 Å². The van der Waals surface area contributed by atoms with E-state index in [1.54, 1.807) is 36.4 Å². The SMILES string of the molecule is Cc1ccc(NC(=O)COc2ccc(C=C3C(=O)NC(=S)NC3=O)cc2)cc1Cl. The van der Waals surface area contributed by atoms with Crippen molar-refractivity contribution in [3.05, 3.63) is 64.2 Å². The highest BCUT2D eigenvalue weighted by Gasteiger charge is 2.25. The molecule has 0 atom stereocenters. The first-order valence-corrected chi connectivity index (χ1v) is 9.27. The van der Waals surface area contributed by atoms with Gasteiger partial charge in [-0.3, -0.25) is 25.0 Å². The summed E-state index contributed by atoms with van der Waals surface area (Å²) in [7, 11) is 0. The standard InChI is InChI=1S/C20H16ClN3O4S/c1-11-2-5-13(9-16(11)21)22-17(25)10-28-14-6-3-12(4-7-14)8-15-18(26)23-20(29)24-19(15)27/h2-9H,10H2,1H3,(H,22,25)(H2,23,24,26,27,29). The maximum Gasteiger partial charge on any atom is 0.263 e. The van der Waals surface area contributed by atoms with E-state index in [0.29, 0.717) is 22.0 Å². The van der Waals surface area contributed by atoms with E-state index < -0.39 is 11.8 Å². The summed E-state index contributed by atoms with van der Waals surface area (Å²) in [6.07, 6.45) is 1.43. The number of nitrogens with one attached hydrogen (secondary N) is 3. The van der Waals surface area contributed by atoms with Gasteiger partial charge >= 0.3 is 0 Å². The molecule has 0 bridgehead atoms. The minimum Gasteiger partial charge on any atom is -0.484 e. The van der Waals surface area contributed by atoms with Gasteiger partial charge in [0.2, 0.25) is 0 Å². The normalized spacial score (nSPS) is 13.4. The Morgan fingerprint density at radius 2 is 1.79 bits per heavy atom. The molecule has 0 unspecified atom stereocenters. The molecule has 0 radical (unpaired) electrons. The van der Waals surface area contributed by atoms with Crippen molar-refractivity contribution in [2.75, 3.05) is 11.9 Å². The van der Waals surface area contributed by atoms with Gasteiger partial charge in [0.15, 0.2) is 11.7 Å². The Hall–Kier alpha value is -3.23. The summed E-state index contributed by atoms with van der Waals surface area (Å²) in [4.78, 5) is 35.7. The molecule has 148 valence electrons. The second kappa shape index (κ2) is 8.85. The van der Waals surface area contributed by atoms with Gasteiger partial charge in [0.1, 0.15) is 11.3 Å². The third kappa shape index (κ3) is 5.40. The highest BCUT2D eigenvalue weighted by Crippen LogP contribution is 2.20. The quantitative estimate of drug-likeness (QED) is 0.385. The lowest BCUT2D eigenvalue weighted by molar-refractivity contribution is -0.123. The van der Waals surface area contributed by atoms with Gasteiger partial charge in [0.05, 0.1) is 0 Å². The predicted octanol–water partition coefficient (Wildman–Crippen LogP) is 2.58. The van der Waals surface area contributed by atoms with Gasteiger partial charge in [-0.1, -0.05) is 29.8 Å². The number of hydrogen-bond donors (Lipinski definition) is 3. The summed E-state index contributed by atoms with van der Waals surface area (Å²) in [6, 6.07) is 11.8. The fourth-order valence-corrected chi connectivity index (χ4v) is 2.82. The Morgan fingerprint density at radius 3 is 2.41 bits per heavy atom. The number of aryl methyl sites for hydroxylation is 1. The van der Waals surface area contributed by atoms with Crippen molar-refractivity contribution in [3.8, 4) is 5.75 Å². The van der Waals surface area contributed by atoms with Crippen LogP contribution in [0.2, 0.25) is 5.02 Å². The number of halogens is 1. The van der Waals surface area contributed by atoms with E-state index >= 15 is 0 Å². The van der Waals surface area contributed by atoms with Crippen LogP contribution in [0.4, 0.5) is 5.69 Å². The zero-order valence-corrected chi connectivity index (χ0v) is 16.8. The number of carbonyl (C=O) groups excluding carboxylic acids is 3. The van der Waals surface area contributed by atoms with Gasteiger partial charge in [-0.05, 0) is 60.6 Å². The van der Waals surface area contributed by atoms with Gasteiger partial charge in [-0.25, -0.2) is 0 Å². The summed E-state index contributed by atoms with van der Waals surface area (Å²) in [5.74, 6) is -0.996. The van der Waals surface area contributed by atoms with Crippen molar-refractivity contribution in [2.45, 2.75) is 6.92 Å². The van der Waals surface area contributed by atoms with Crippen LogP contribution in [-0.4, -0.2) is 29.4 Å². The number of rotatable bonds is 5. The maximum atomic E-state index is 12.0. The average Bonchev–Trinajstić information content (AvgIpc) is 2.67. The fourth-order valence-electron chi connectivity index (χ4n) is 2.45. The van der Waals surface area contributed by atoms with Crippen molar-refractivity contribution in [3.63, 3.8) is 0 Å². The second-order valence-electron chi connectivity index (χ2n) is 6.17. The van der Waals surface area contributed by atoms with Crippen LogP contribution >= 0.6 is 23.8 Å². The molecule has 0 saturated carbocycles. The molecular formula is C20H16ClN3O4S. The number of ether oxygens (including phenoxy) is 1. The summed E-state index contributed by atoms with van der Waals surface area (Å²) >= 11 is 10.8. The van der Waals surface area contributed by atoms with E-state index in [2.05, 4.69) is 16.0 Å². The Balaban J connectivity index is 1.57. The third-order valence-corrected chi connectivity index (χ3v) is 4.57. The highest BCUT2D eigenvalue weighted by molar-refractivity contribution is 7.80. The lowest BCUT2D eigenvalue weighted by Gasteiger charge is -2.16. The molecule has 3 N–H and O–H groups in total. The van der Waals surface area contributed by atoms with E-state index in [-0.39, 0.29) is 23.2 Å². The number of carbonyl (C=O) groups is 3. The van der Waals surface area contributed by atoms with Crippen LogP contribution in [0.15, 0.2) is 48.0 Å². The van der Waals surface area contributed by atoms with Gasteiger partial charge in [0.25, 0.3) is 17.7 Å². The summed E-state index contributed by atoms with van der Waals surface area (Å²) in [5, 5.41) is 7.98. The number of hydrogen-bond acceptors (Lipinski definition) is 5. The van der Waals surface area contributed by atoms with E-state index in [1.165, 1.54) is 6.08 Å². The molecule has 0 aromatic heterocycles. The lowest BCUT2D eigenvalue weighted by atomic mass is 10.1. The summed E-state index contributed by atoms with van der Waals surface area (Å²) in [6.45, 7) is 1.69. The Kier molecular flexibility index (Phi) is 6.26. The molecule has 1 heterocycles. The molecule has 2 aromatic carbocycles. The lowest BCUT2D eigenvalue weighted by Crippen LogP contribution is -2.51. The third-order valence-electron chi connectivity index (χ3n) is 3.96. The van der Waals surface area contributed by atoms with Crippen LogP contribution < -0.4 is 20.7 Å². The first-order chi connectivity index (χ1) is 13.8. The van der Waals surface area contributed by atoms with E-state index in [9.17, 15) is 14.4 Å². The minimum absolute atomic E-state index is 0.0212. The fraction of sp³-hybridized carbons (Fsp3) is 0.100. The number of amides is 3. The molecule has 3 amide bonds. The average molecular weight is 430 g/mol. The van der Waals surface area contributed by atoms with Gasteiger partial charge in [-0.15, -0.1) is 0 Å². The summed E-state index contributed by atoms with van der Waals surface area (Å²) < 4.78 is 5.45. The van der Waals surface area contributed by atoms with Crippen molar-refractivity contribution >= 4 is 58.4 Å². The molecule has 9 heteroatoms. The zero-order valence-electron chi connectivity index (χ0n) is 15.2. The van der Waals surface area contributed by atoms with Crippen molar-refractivity contribution < 1.29 is 19.1 Å². The van der Waals surface area contributed by atoms with Crippen LogP contribution in [0.25, 0.3) is 6.08 Å². The number of benzene rings is 2. The molecule has 1 aliphatic rings. The van der Waals surface area contributed by atoms with Crippen molar-refractivity contribution in [1.82, 2.24) is 10.6 Å². The molecule has 1 fully saturated rings. The Bertz CT molecular complexity index is 1010. The predicted molar refractivity (Wildman–Crippen MR) is 114 cm³/mol. The van der Waals surface area contributed by atoms with Gasteiger partial charge in [-0.2, -0.15) is 0 Å². The first-order valence-electron chi connectivity index (χ1n) is 8.49. The molecule has 1 saturated heterocycles. The zero-order chi connectivity index (χ0) is 21.0. The monoisotopic (exact) mass is 429 g/mol. The van der Waals surface area contributed by atoms with Crippen LogP contribution in [0.1, 0.15) is 11.1 Å². The van der Waals surface area contributed by atoms with Crippen LogP contribution in [0.3, 0.4) is 0 Å². The Morgan fingerprint density at radius 1 is 1.14 bits per heavy atom. The number of thiocarbonyl (C=S) groups is 1. The minimum atomic E-state index is -0.563. The molecule has 29 heavy (non-hydrogen) atoms. The van der Waals surface area contributed by atoms with E-state index in [0.717, 1.165) is 5.56 Å². The smallest absolute Gasteiger partial charge is 0.263 e.